The number of furan rings is 1. The van der Waals surface area contributed by atoms with Crippen molar-refractivity contribution in [3.63, 3.8) is 0 Å². The SMILES string of the molecule is COc1ccc(S(=O)(=O)N2CCCc3cc(NC(=O)c4cc(-c5ccco5)on4)ccc32)cc1. The van der Waals surface area contributed by atoms with Crippen LogP contribution in [0.5, 0.6) is 5.75 Å². The summed E-state index contributed by atoms with van der Waals surface area (Å²) in [6, 6.07) is 16.4. The fraction of sp³-hybridized carbons (Fsp3) is 0.167. The zero-order chi connectivity index (χ0) is 23.7. The number of nitrogens with zero attached hydrogens (tertiary/aromatic N) is 2. The normalized spacial score (nSPS) is 13.4. The monoisotopic (exact) mass is 479 g/mol. The third kappa shape index (κ3) is 4.03. The average molecular weight is 480 g/mol. The van der Waals surface area contributed by atoms with Gasteiger partial charge in [-0.3, -0.25) is 9.10 Å². The summed E-state index contributed by atoms with van der Waals surface area (Å²) in [5, 5.41) is 6.59. The molecule has 0 saturated carbocycles. The van der Waals surface area contributed by atoms with E-state index in [1.165, 1.54) is 35.9 Å². The number of benzene rings is 2. The number of aryl methyl sites for hydroxylation is 1. The molecule has 174 valence electrons. The average Bonchev–Trinajstić information content (AvgIpc) is 3.56. The maximum absolute atomic E-state index is 13.3. The number of methoxy groups -OCH3 is 1. The fourth-order valence-corrected chi connectivity index (χ4v) is 5.42. The minimum Gasteiger partial charge on any atom is -0.497 e. The van der Waals surface area contributed by atoms with Crippen LogP contribution in [-0.4, -0.2) is 33.1 Å². The molecule has 4 aromatic rings. The van der Waals surface area contributed by atoms with Gasteiger partial charge in [-0.2, -0.15) is 0 Å². The van der Waals surface area contributed by atoms with Crippen molar-refractivity contribution in [2.24, 2.45) is 0 Å². The fourth-order valence-electron chi connectivity index (χ4n) is 3.88. The predicted molar refractivity (Wildman–Crippen MR) is 124 cm³/mol. The van der Waals surface area contributed by atoms with E-state index in [1.54, 1.807) is 42.5 Å². The van der Waals surface area contributed by atoms with Gasteiger partial charge in [-0.05, 0) is 73.0 Å². The number of aromatic nitrogens is 1. The van der Waals surface area contributed by atoms with E-state index < -0.39 is 15.9 Å². The Bertz CT molecular complexity index is 1430. The summed E-state index contributed by atoms with van der Waals surface area (Å²) in [5.41, 5.74) is 2.07. The largest absolute Gasteiger partial charge is 0.497 e. The van der Waals surface area contributed by atoms with Gasteiger partial charge in [-0.15, -0.1) is 0 Å². The third-order valence-electron chi connectivity index (χ3n) is 5.57. The Morgan fingerprint density at radius 1 is 1.09 bits per heavy atom. The second-order valence-corrected chi connectivity index (χ2v) is 9.57. The molecule has 0 saturated heterocycles. The Morgan fingerprint density at radius 3 is 2.65 bits per heavy atom. The van der Waals surface area contributed by atoms with Crippen LogP contribution in [0.15, 0.2) is 80.8 Å². The Labute approximate surface area is 196 Å². The molecule has 3 heterocycles. The van der Waals surface area contributed by atoms with E-state index in [4.69, 9.17) is 13.7 Å². The lowest BCUT2D eigenvalue weighted by Gasteiger charge is -2.31. The number of amides is 1. The number of rotatable bonds is 6. The van der Waals surface area contributed by atoms with Crippen molar-refractivity contribution in [1.29, 1.82) is 0 Å². The van der Waals surface area contributed by atoms with Crippen LogP contribution in [0.2, 0.25) is 0 Å². The molecule has 1 amide bonds. The second-order valence-electron chi connectivity index (χ2n) is 7.71. The molecule has 10 heteroatoms. The number of nitrogens with one attached hydrogen (secondary N) is 1. The van der Waals surface area contributed by atoms with E-state index in [9.17, 15) is 13.2 Å². The van der Waals surface area contributed by atoms with Crippen molar-refractivity contribution in [2.75, 3.05) is 23.3 Å². The van der Waals surface area contributed by atoms with Crippen molar-refractivity contribution in [1.82, 2.24) is 5.16 Å². The highest BCUT2D eigenvalue weighted by atomic mass is 32.2. The summed E-state index contributed by atoms with van der Waals surface area (Å²) in [6.45, 7) is 0.377. The van der Waals surface area contributed by atoms with Crippen LogP contribution in [0.3, 0.4) is 0 Å². The van der Waals surface area contributed by atoms with Crippen molar-refractivity contribution in [3.05, 3.63) is 78.2 Å². The van der Waals surface area contributed by atoms with Crippen LogP contribution in [0.4, 0.5) is 11.4 Å². The van der Waals surface area contributed by atoms with E-state index >= 15 is 0 Å². The predicted octanol–water partition coefficient (Wildman–Crippen LogP) is 4.34. The Hall–Kier alpha value is -4.05. The summed E-state index contributed by atoms with van der Waals surface area (Å²) in [7, 11) is -2.21. The molecule has 0 spiro atoms. The standard InChI is InChI=1S/C24H21N3O6S/c1-31-18-7-9-19(10-8-18)34(29,30)27-12-2-4-16-14-17(6-11-21(16)27)25-24(28)20-15-23(33-26-20)22-5-3-13-32-22/h3,5-11,13-15H,2,4,12H2,1H3,(H,25,28). The highest BCUT2D eigenvalue weighted by Crippen LogP contribution is 2.34. The summed E-state index contributed by atoms with van der Waals surface area (Å²) in [4.78, 5) is 12.8. The number of carbonyl (C=O) groups excluding carboxylic acids is 1. The topological polar surface area (TPSA) is 115 Å². The van der Waals surface area contributed by atoms with Crippen LogP contribution in [0, 0.1) is 0 Å². The number of sulfonamides is 1. The van der Waals surface area contributed by atoms with Crippen LogP contribution in [-0.2, 0) is 16.4 Å². The Morgan fingerprint density at radius 2 is 1.91 bits per heavy atom. The molecule has 0 fully saturated rings. The second kappa shape index (κ2) is 8.71. The minimum atomic E-state index is -3.74. The molecule has 1 aliphatic rings. The third-order valence-corrected chi connectivity index (χ3v) is 7.40. The number of carbonyl (C=O) groups is 1. The molecule has 0 radical (unpaired) electrons. The lowest BCUT2D eigenvalue weighted by atomic mass is 10.0. The van der Waals surface area contributed by atoms with Crippen molar-refractivity contribution >= 4 is 27.3 Å². The molecule has 1 N–H and O–H groups in total. The summed E-state index contributed by atoms with van der Waals surface area (Å²) in [6.07, 6.45) is 2.86. The van der Waals surface area contributed by atoms with Gasteiger partial charge in [0.2, 0.25) is 5.76 Å². The van der Waals surface area contributed by atoms with E-state index in [1.807, 2.05) is 0 Å². The smallest absolute Gasteiger partial charge is 0.277 e. The molecular formula is C24H21N3O6S. The van der Waals surface area contributed by atoms with E-state index in [-0.39, 0.29) is 10.6 Å². The Balaban J connectivity index is 1.36. The van der Waals surface area contributed by atoms with Crippen LogP contribution >= 0.6 is 0 Å². The van der Waals surface area contributed by atoms with Crippen molar-refractivity contribution < 1.29 is 26.9 Å². The number of hydrogen-bond acceptors (Lipinski definition) is 7. The summed E-state index contributed by atoms with van der Waals surface area (Å²) < 4.78 is 43.5. The molecule has 5 rings (SSSR count). The molecule has 9 nitrogen and oxygen atoms in total. The molecule has 0 unspecified atom stereocenters. The van der Waals surface area contributed by atoms with Crippen molar-refractivity contribution in [3.8, 4) is 17.3 Å². The molecule has 1 aliphatic heterocycles. The summed E-state index contributed by atoms with van der Waals surface area (Å²) in [5.74, 6) is 0.959. The van der Waals surface area contributed by atoms with E-state index in [2.05, 4.69) is 10.5 Å². The molecule has 0 aliphatic carbocycles. The molecule has 34 heavy (non-hydrogen) atoms. The van der Waals surface area contributed by atoms with Gasteiger partial charge < -0.3 is 19.0 Å². The molecule has 0 atom stereocenters. The highest BCUT2D eigenvalue weighted by Gasteiger charge is 2.29. The maximum atomic E-state index is 13.3. The number of anilines is 2. The quantitative estimate of drug-likeness (QED) is 0.437. The van der Waals surface area contributed by atoms with Crippen LogP contribution < -0.4 is 14.4 Å². The van der Waals surface area contributed by atoms with Gasteiger partial charge in [0.25, 0.3) is 15.9 Å². The summed E-state index contributed by atoms with van der Waals surface area (Å²) >= 11 is 0. The zero-order valence-electron chi connectivity index (χ0n) is 18.2. The maximum Gasteiger partial charge on any atom is 0.277 e. The minimum absolute atomic E-state index is 0.104. The van der Waals surface area contributed by atoms with E-state index in [0.717, 1.165) is 5.56 Å². The van der Waals surface area contributed by atoms with Crippen LogP contribution in [0.1, 0.15) is 22.5 Å². The van der Waals surface area contributed by atoms with Gasteiger partial charge >= 0.3 is 0 Å². The first kappa shape index (κ1) is 21.8. The van der Waals surface area contributed by atoms with Crippen molar-refractivity contribution in [2.45, 2.75) is 17.7 Å². The van der Waals surface area contributed by atoms with Gasteiger partial charge in [-0.1, -0.05) is 5.16 Å². The zero-order valence-corrected chi connectivity index (χ0v) is 19.0. The van der Waals surface area contributed by atoms with Crippen LogP contribution in [0.25, 0.3) is 11.5 Å². The first-order valence-corrected chi connectivity index (χ1v) is 12.0. The first-order valence-electron chi connectivity index (χ1n) is 10.6. The lowest BCUT2D eigenvalue weighted by molar-refractivity contribution is 0.101. The molecule has 2 aromatic heterocycles. The van der Waals surface area contributed by atoms with E-state index in [0.29, 0.717) is 48.0 Å². The highest BCUT2D eigenvalue weighted by molar-refractivity contribution is 7.92. The first-order chi connectivity index (χ1) is 16.5. The van der Waals surface area contributed by atoms with Gasteiger partial charge in [0.05, 0.1) is 24.0 Å². The van der Waals surface area contributed by atoms with Gasteiger partial charge in [0, 0.05) is 18.3 Å². The van der Waals surface area contributed by atoms with Gasteiger partial charge in [0.1, 0.15) is 5.75 Å². The Kier molecular flexibility index (Phi) is 5.58. The van der Waals surface area contributed by atoms with Gasteiger partial charge in [-0.25, -0.2) is 8.42 Å². The number of ether oxygens (including phenoxy) is 1. The number of fused-ring (bicyclic) bond motifs is 1. The molecule has 2 aromatic carbocycles. The molecule has 0 bridgehead atoms. The molecular weight excluding hydrogens is 458 g/mol. The lowest BCUT2D eigenvalue weighted by Crippen LogP contribution is -2.35. The van der Waals surface area contributed by atoms with Gasteiger partial charge in [0.15, 0.2) is 11.5 Å². The number of hydrogen-bond donors (Lipinski definition) is 1.